The number of imidazole rings is 1. The summed E-state index contributed by atoms with van der Waals surface area (Å²) in [6, 6.07) is 6.76. The predicted octanol–water partition coefficient (Wildman–Crippen LogP) is 2.27. The van der Waals surface area contributed by atoms with E-state index in [1.807, 2.05) is 38.1 Å². The van der Waals surface area contributed by atoms with E-state index in [2.05, 4.69) is 20.6 Å². The summed E-state index contributed by atoms with van der Waals surface area (Å²) in [4.78, 5) is 31.1. The van der Waals surface area contributed by atoms with E-state index < -0.39 is 12.1 Å². The molecular weight excluding hydrogens is 284 g/mol. The Morgan fingerprint density at radius 1 is 1.32 bits per heavy atom. The van der Waals surface area contributed by atoms with E-state index in [-0.39, 0.29) is 18.4 Å². The van der Waals surface area contributed by atoms with Gasteiger partial charge in [0, 0.05) is 0 Å². The fourth-order valence-corrected chi connectivity index (χ4v) is 2.04. The Morgan fingerprint density at radius 3 is 2.68 bits per heavy atom. The van der Waals surface area contributed by atoms with Gasteiger partial charge in [-0.1, -0.05) is 26.0 Å². The van der Waals surface area contributed by atoms with E-state index in [0.717, 1.165) is 11.0 Å². The number of H-pyrrole nitrogens is 1. The highest BCUT2D eigenvalue weighted by Gasteiger charge is 2.25. The highest BCUT2D eigenvalue weighted by molar-refractivity contribution is 5.96. The zero-order valence-electron chi connectivity index (χ0n) is 12.8. The Morgan fingerprint density at radius 2 is 2.05 bits per heavy atom. The minimum Gasteiger partial charge on any atom is -0.450 e. The van der Waals surface area contributed by atoms with E-state index >= 15 is 0 Å². The van der Waals surface area contributed by atoms with Crippen LogP contribution in [-0.2, 0) is 9.53 Å². The fraction of sp³-hybridized carbons (Fsp3) is 0.400. The average molecular weight is 304 g/mol. The standard InChI is InChI=1S/C15H20N4O3/c1-4-22-15(21)18-12(9(2)3)13(20)19-14-16-10-7-5-6-8-11(10)17-14/h5-9,12H,4H2,1-3H3,(H,18,21)(H2,16,17,19,20)/t12-/m1/s1. The molecule has 2 rings (SSSR count). The lowest BCUT2D eigenvalue weighted by atomic mass is 10.0. The molecule has 2 amide bonds. The maximum atomic E-state index is 12.3. The van der Waals surface area contributed by atoms with Gasteiger partial charge in [-0.25, -0.2) is 9.78 Å². The quantitative estimate of drug-likeness (QED) is 0.789. The summed E-state index contributed by atoms with van der Waals surface area (Å²) in [6.07, 6.45) is -0.610. The number of nitrogens with one attached hydrogen (secondary N) is 3. The van der Waals surface area contributed by atoms with Gasteiger partial charge in [-0.3, -0.25) is 10.1 Å². The number of alkyl carbamates (subject to hydrolysis) is 1. The van der Waals surface area contributed by atoms with Crippen LogP contribution in [0.2, 0.25) is 0 Å². The largest absolute Gasteiger partial charge is 0.450 e. The molecule has 1 aromatic carbocycles. The van der Waals surface area contributed by atoms with E-state index in [0.29, 0.717) is 5.95 Å². The number of carbonyl (C=O) groups excluding carboxylic acids is 2. The zero-order valence-corrected chi connectivity index (χ0v) is 12.8. The molecule has 1 atom stereocenters. The number of hydrogen-bond acceptors (Lipinski definition) is 4. The fourth-order valence-electron chi connectivity index (χ4n) is 2.04. The molecule has 118 valence electrons. The van der Waals surface area contributed by atoms with Crippen LogP contribution in [0.25, 0.3) is 11.0 Å². The molecule has 7 heteroatoms. The van der Waals surface area contributed by atoms with Crippen LogP contribution in [0, 0.1) is 5.92 Å². The van der Waals surface area contributed by atoms with Gasteiger partial charge in [0.05, 0.1) is 17.6 Å². The van der Waals surface area contributed by atoms with Crippen molar-refractivity contribution in [2.24, 2.45) is 5.92 Å². The summed E-state index contributed by atoms with van der Waals surface area (Å²) in [7, 11) is 0. The molecule has 22 heavy (non-hydrogen) atoms. The summed E-state index contributed by atoms with van der Waals surface area (Å²) < 4.78 is 4.82. The SMILES string of the molecule is CCOC(=O)N[C@@H](C(=O)Nc1nc2ccccc2[nH]1)C(C)C. The molecule has 0 aliphatic rings. The Bertz CT molecular complexity index is 633. The lowest BCUT2D eigenvalue weighted by molar-refractivity contribution is -0.119. The van der Waals surface area contributed by atoms with Gasteiger partial charge in [0.15, 0.2) is 0 Å². The van der Waals surface area contributed by atoms with Crippen molar-refractivity contribution in [2.75, 3.05) is 11.9 Å². The monoisotopic (exact) mass is 304 g/mol. The van der Waals surface area contributed by atoms with Crippen LogP contribution in [0.1, 0.15) is 20.8 Å². The third-order valence-corrected chi connectivity index (χ3v) is 3.13. The van der Waals surface area contributed by atoms with Crippen molar-refractivity contribution in [3.8, 4) is 0 Å². The van der Waals surface area contributed by atoms with Crippen LogP contribution in [0.5, 0.6) is 0 Å². The summed E-state index contributed by atoms with van der Waals surface area (Å²) in [5.41, 5.74) is 1.59. The molecule has 7 nitrogen and oxygen atoms in total. The van der Waals surface area contributed by atoms with Gasteiger partial charge >= 0.3 is 6.09 Å². The zero-order chi connectivity index (χ0) is 16.1. The highest BCUT2D eigenvalue weighted by atomic mass is 16.5. The van der Waals surface area contributed by atoms with Crippen LogP contribution in [0.4, 0.5) is 10.7 Å². The Balaban J connectivity index is 2.08. The number of aromatic amines is 1. The predicted molar refractivity (Wildman–Crippen MR) is 83.5 cm³/mol. The molecule has 1 heterocycles. The summed E-state index contributed by atoms with van der Waals surface area (Å²) >= 11 is 0. The minimum absolute atomic E-state index is 0.0891. The molecule has 0 radical (unpaired) electrons. The first-order chi connectivity index (χ1) is 10.5. The molecule has 0 saturated heterocycles. The number of fused-ring (bicyclic) bond motifs is 1. The van der Waals surface area contributed by atoms with Crippen molar-refractivity contribution in [2.45, 2.75) is 26.8 Å². The summed E-state index contributed by atoms with van der Waals surface area (Å²) in [5.74, 6) is -0.0848. The third kappa shape index (κ3) is 3.75. The van der Waals surface area contributed by atoms with Gasteiger partial charge in [-0.05, 0) is 25.0 Å². The Hall–Kier alpha value is -2.57. The van der Waals surface area contributed by atoms with Crippen molar-refractivity contribution in [1.82, 2.24) is 15.3 Å². The summed E-state index contributed by atoms with van der Waals surface area (Å²) in [6.45, 7) is 5.64. The number of amides is 2. The molecule has 0 aliphatic heterocycles. The molecule has 3 N–H and O–H groups in total. The lowest BCUT2D eigenvalue weighted by Crippen LogP contribution is -2.47. The van der Waals surface area contributed by atoms with Gasteiger partial charge < -0.3 is 15.0 Å². The molecule has 1 aromatic heterocycles. The van der Waals surface area contributed by atoms with Gasteiger partial charge in [0.2, 0.25) is 11.9 Å². The van der Waals surface area contributed by atoms with Crippen LogP contribution in [0.3, 0.4) is 0 Å². The highest BCUT2D eigenvalue weighted by Crippen LogP contribution is 2.14. The molecular formula is C15H20N4O3. The molecule has 0 unspecified atom stereocenters. The van der Waals surface area contributed by atoms with E-state index in [1.165, 1.54) is 0 Å². The number of rotatable bonds is 5. The van der Waals surface area contributed by atoms with Crippen molar-refractivity contribution in [1.29, 1.82) is 0 Å². The number of para-hydroxylation sites is 2. The number of anilines is 1. The number of benzene rings is 1. The number of ether oxygens (including phenoxy) is 1. The van der Waals surface area contributed by atoms with Crippen molar-refractivity contribution in [3.05, 3.63) is 24.3 Å². The number of aromatic nitrogens is 2. The average Bonchev–Trinajstić information content (AvgIpc) is 2.86. The lowest BCUT2D eigenvalue weighted by Gasteiger charge is -2.20. The van der Waals surface area contributed by atoms with E-state index in [4.69, 9.17) is 4.74 Å². The first-order valence-corrected chi connectivity index (χ1v) is 7.20. The normalized spacial score (nSPS) is 12.2. The van der Waals surface area contributed by atoms with Crippen molar-refractivity contribution in [3.63, 3.8) is 0 Å². The maximum Gasteiger partial charge on any atom is 0.407 e. The molecule has 0 bridgehead atoms. The number of nitrogens with zero attached hydrogens (tertiary/aromatic N) is 1. The molecule has 0 fully saturated rings. The molecule has 0 saturated carbocycles. The van der Waals surface area contributed by atoms with Gasteiger partial charge in [-0.15, -0.1) is 0 Å². The second-order valence-corrected chi connectivity index (χ2v) is 5.18. The van der Waals surface area contributed by atoms with Crippen LogP contribution >= 0.6 is 0 Å². The second-order valence-electron chi connectivity index (χ2n) is 5.18. The first kappa shape index (κ1) is 15.8. The van der Waals surface area contributed by atoms with Crippen LogP contribution in [-0.4, -0.2) is 34.6 Å². The Kier molecular flexibility index (Phi) is 4.98. The van der Waals surface area contributed by atoms with Crippen molar-refractivity contribution < 1.29 is 14.3 Å². The van der Waals surface area contributed by atoms with Gasteiger partial charge in [-0.2, -0.15) is 0 Å². The number of hydrogen-bond donors (Lipinski definition) is 3. The van der Waals surface area contributed by atoms with Gasteiger partial charge in [0.1, 0.15) is 6.04 Å². The number of carbonyl (C=O) groups is 2. The summed E-state index contributed by atoms with van der Waals surface area (Å²) in [5, 5.41) is 5.24. The first-order valence-electron chi connectivity index (χ1n) is 7.20. The van der Waals surface area contributed by atoms with E-state index in [1.54, 1.807) is 6.92 Å². The molecule has 2 aromatic rings. The van der Waals surface area contributed by atoms with Gasteiger partial charge in [0.25, 0.3) is 0 Å². The minimum atomic E-state index is -0.702. The van der Waals surface area contributed by atoms with Crippen molar-refractivity contribution >= 4 is 29.0 Å². The molecule has 0 aliphatic carbocycles. The third-order valence-electron chi connectivity index (χ3n) is 3.13. The maximum absolute atomic E-state index is 12.3. The Labute approximate surface area is 128 Å². The topological polar surface area (TPSA) is 96.1 Å². The van der Waals surface area contributed by atoms with Crippen LogP contribution in [0.15, 0.2) is 24.3 Å². The van der Waals surface area contributed by atoms with E-state index in [9.17, 15) is 9.59 Å². The van der Waals surface area contributed by atoms with Crippen LogP contribution < -0.4 is 10.6 Å². The second kappa shape index (κ2) is 6.93. The smallest absolute Gasteiger partial charge is 0.407 e. The molecule has 0 spiro atoms.